The highest BCUT2D eigenvalue weighted by Gasteiger charge is 2.18. The zero-order chi connectivity index (χ0) is 17.4. The summed E-state index contributed by atoms with van der Waals surface area (Å²) in [6, 6.07) is 15.5. The molecule has 0 atom stereocenters. The first-order valence-corrected chi connectivity index (χ1v) is 7.67. The van der Waals surface area contributed by atoms with Crippen LogP contribution >= 0.6 is 0 Å². The molecular formula is C19H15N3O3. The summed E-state index contributed by atoms with van der Waals surface area (Å²) < 4.78 is 7.05. The lowest BCUT2D eigenvalue weighted by Crippen LogP contribution is -1.99. The number of ether oxygens (including phenoxy) is 1. The number of hydrogen-bond donors (Lipinski definition) is 2. The Kier molecular flexibility index (Phi) is 3.50. The van der Waals surface area contributed by atoms with Gasteiger partial charge in [0.1, 0.15) is 22.8 Å². The number of aromatic nitrogens is 3. The minimum atomic E-state index is 0.0304. The van der Waals surface area contributed by atoms with E-state index in [-0.39, 0.29) is 11.5 Å². The van der Waals surface area contributed by atoms with Crippen molar-refractivity contribution in [3.05, 3.63) is 60.8 Å². The van der Waals surface area contributed by atoms with Crippen LogP contribution in [-0.4, -0.2) is 31.9 Å². The van der Waals surface area contributed by atoms with Gasteiger partial charge in [-0.15, -0.1) is 0 Å². The maximum Gasteiger partial charge on any atom is 0.164 e. The SMILES string of the molecule is COc1ccc(-n2c(-c3cc(O)ccc3O)nc3cccnc32)cc1. The van der Waals surface area contributed by atoms with Crippen LogP contribution in [0.25, 0.3) is 28.2 Å². The molecular weight excluding hydrogens is 318 g/mol. The minimum Gasteiger partial charge on any atom is -0.508 e. The number of methoxy groups -OCH3 is 1. The number of imidazole rings is 1. The number of fused-ring (bicyclic) bond motifs is 1. The summed E-state index contributed by atoms with van der Waals surface area (Å²) in [5.74, 6) is 1.31. The lowest BCUT2D eigenvalue weighted by atomic mass is 10.1. The quantitative estimate of drug-likeness (QED) is 0.561. The third kappa shape index (κ3) is 2.53. The van der Waals surface area contributed by atoms with Gasteiger partial charge >= 0.3 is 0 Å². The Hall–Kier alpha value is -3.54. The molecule has 0 amide bonds. The first-order chi connectivity index (χ1) is 12.2. The molecule has 0 saturated heterocycles. The second-order valence-corrected chi connectivity index (χ2v) is 5.52. The number of pyridine rings is 1. The lowest BCUT2D eigenvalue weighted by Gasteiger charge is -2.11. The minimum absolute atomic E-state index is 0.0304. The number of phenols is 2. The van der Waals surface area contributed by atoms with Crippen LogP contribution in [0.5, 0.6) is 17.2 Å². The van der Waals surface area contributed by atoms with Gasteiger partial charge in [-0.2, -0.15) is 0 Å². The van der Waals surface area contributed by atoms with Gasteiger partial charge in [-0.05, 0) is 54.6 Å². The third-order valence-electron chi connectivity index (χ3n) is 3.97. The Balaban J connectivity index is 2.02. The van der Waals surface area contributed by atoms with Crippen molar-refractivity contribution in [1.29, 1.82) is 0 Å². The van der Waals surface area contributed by atoms with Gasteiger partial charge in [0.15, 0.2) is 11.5 Å². The second-order valence-electron chi connectivity index (χ2n) is 5.52. The molecule has 25 heavy (non-hydrogen) atoms. The van der Waals surface area contributed by atoms with E-state index in [2.05, 4.69) is 9.97 Å². The molecule has 0 aliphatic carbocycles. The summed E-state index contributed by atoms with van der Waals surface area (Å²) in [7, 11) is 1.61. The largest absolute Gasteiger partial charge is 0.508 e. The van der Waals surface area contributed by atoms with Crippen molar-refractivity contribution in [2.24, 2.45) is 0 Å². The Labute approximate surface area is 143 Å². The monoisotopic (exact) mass is 333 g/mol. The standard InChI is InChI=1S/C19H15N3O3/c1-25-14-7-4-12(5-8-14)22-18(15-11-13(23)6-9-17(15)24)21-16-3-2-10-20-19(16)22/h2-11,23-24H,1H3. The summed E-state index contributed by atoms with van der Waals surface area (Å²) in [6.07, 6.45) is 1.69. The topological polar surface area (TPSA) is 80.4 Å². The molecule has 0 aliphatic rings. The van der Waals surface area contributed by atoms with Crippen molar-refractivity contribution in [3.8, 4) is 34.3 Å². The summed E-state index contributed by atoms with van der Waals surface area (Å²) in [6.45, 7) is 0. The Bertz CT molecular complexity index is 1060. The average Bonchev–Trinajstić information content (AvgIpc) is 3.03. The number of rotatable bonds is 3. The van der Waals surface area contributed by atoms with Gasteiger partial charge in [0.05, 0.1) is 12.7 Å². The molecule has 0 unspecified atom stereocenters. The molecule has 2 N–H and O–H groups in total. The normalized spacial score (nSPS) is 10.9. The first-order valence-electron chi connectivity index (χ1n) is 7.67. The molecule has 4 aromatic rings. The van der Waals surface area contributed by atoms with E-state index < -0.39 is 0 Å². The first kappa shape index (κ1) is 15.0. The number of phenolic OH excluding ortho intramolecular Hbond substituents is 2. The van der Waals surface area contributed by atoms with Gasteiger partial charge in [0.2, 0.25) is 0 Å². The summed E-state index contributed by atoms with van der Waals surface area (Å²) in [5, 5.41) is 20.1. The van der Waals surface area contributed by atoms with Crippen LogP contribution in [0.4, 0.5) is 0 Å². The molecule has 0 bridgehead atoms. The van der Waals surface area contributed by atoms with E-state index in [1.165, 1.54) is 18.2 Å². The van der Waals surface area contributed by atoms with Crippen molar-refractivity contribution in [1.82, 2.24) is 14.5 Å². The molecule has 4 rings (SSSR count). The van der Waals surface area contributed by atoms with Crippen molar-refractivity contribution in [3.63, 3.8) is 0 Å². The number of nitrogens with zero attached hydrogens (tertiary/aromatic N) is 3. The molecule has 2 heterocycles. The second kappa shape index (κ2) is 5.83. The highest BCUT2D eigenvalue weighted by molar-refractivity contribution is 5.81. The molecule has 6 nitrogen and oxygen atoms in total. The zero-order valence-corrected chi connectivity index (χ0v) is 13.4. The maximum atomic E-state index is 10.3. The fourth-order valence-electron chi connectivity index (χ4n) is 2.77. The van der Waals surface area contributed by atoms with E-state index in [1.54, 1.807) is 19.4 Å². The fraction of sp³-hybridized carbons (Fsp3) is 0.0526. The predicted octanol–water partition coefficient (Wildman–Crippen LogP) is 3.51. The van der Waals surface area contributed by atoms with Crippen LogP contribution in [0.2, 0.25) is 0 Å². The van der Waals surface area contributed by atoms with Gasteiger partial charge in [-0.1, -0.05) is 0 Å². The van der Waals surface area contributed by atoms with Gasteiger partial charge in [-0.3, -0.25) is 4.57 Å². The summed E-state index contributed by atoms with van der Waals surface area (Å²) in [5.41, 5.74) is 2.59. The molecule has 2 aromatic heterocycles. The number of hydrogen-bond acceptors (Lipinski definition) is 5. The Morgan fingerprint density at radius 1 is 1.00 bits per heavy atom. The number of aromatic hydroxyl groups is 2. The van der Waals surface area contributed by atoms with Gasteiger partial charge < -0.3 is 14.9 Å². The smallest absolute Gasteiger partial charge is 0.164 e. The van der Waals surface area contributed by atoms with E-state index in [4.69, 9.17) is 4.74 Å². The van der Waals surface area contributed by atoms with Crippen molar-refractivity contribution in [2.75, 3.05) is 7.11 Å². The summed E-state index contributed by atoms with van der Waals surface area (Å²) in [4.78, 5) is 9.03. The lowest BCUT2D eigenvalue weighted by molar-refractivity contribution is 0.415. The predicted molar refractivity (Wildman–Crippen MR) is 94.2 cm³/mol. The molecule has 0 saturated carbocycles. The Morgan fingerprint density at radius 2 is 1.80 bits per heavy atom. The average molecular weight is 333 g/mol. The van der Waals surface area contributed by atoms with E-state index in [0.29, 0.717) is 22.6 Å². The van der Waals surface area contributed by atoms with Crippen molar-refractivity contribution >= 4 is 11.2 Å². The molecule has 6 heteroatoms. The highest BCUT2D eigenvalue weighted by Crippen LogP contribution is 2.35. The van der Waals surface area contributed by atoms with Crippen LogP contribution in [0.15, 0.2) is 60.8 Å². The number of benzene rings is 2. The van der Waals surface area contributed by atoms with E-state index in [9.17, 15) is 10.2 Å². The Morgan fingerprint density at radius 3 is 2.56 bits per heavy atom. The molecule has 0 fully saturated rings. The third-order valence-corrected chi connectivity index (χ3v) is 3.97. The molecule has 0 radical (unpaired) electrons. The summed E-state index contributed by atoms with van der Waals surface area (Å²) >= 11 is 0. The molecule has 0 spiro atoms. The molecule has 2 aromatic carbocycles. The highest BCUT2D eigenvalue weighted by atomic mass is 16.5. The van der Waals surface area contributed by atoms with Gasteiger partial charge in [-0.25, -0.2) is 9.97 Å². The molecule has 124 valence electrons. The van der Waals surface area contributed by atoms with Gasteiger partial charge in [0, 0.05) is 11.9 Å². The fourth-order valence-corrected chi connectivity index (χ4v) is 2.77. The molecule has 0 aliphatic heterocycles. The zero-order valence-electron chi connectivity index (χ0n) is 13.4. The maximum absolute atomic E-state index is 10.3. The van der Waals surface area contributed by atoms with Crippen molar-refractivity contribution in [2.45, 2.75) is 0 Å². The van der Waals surface area contributed by atoms with Crippen molar-refractivity contribution < 1.29 is 14.9 Å². The van der Waals surface area contributed by atoms with E-state index in [1.807, 2.05) is 34.9 Å². The van der Waals surface area contributed by atoms with Crippen LogP contribution in [0.1, 0.15) is 0 Å². The van der Waals surface area contributed by atoms with Crippen LogP contribution < -0.4 is 4.74 Å². The van der Waals surface area contributed by atoms with E-state index >= 15 is 0 Å². The van der Waals surface area contributed by atoms with E-state index in [0.717, 1.165) is 11.4 Å². The van der Waals surface area contributed by atoms with Crippen LogP contribution in [0.3, 0.4) is 0 Å². The van der Waals surface area contributed by atoms with Crippen LogP contribution in [0, 0.1) is 0 Å². The van der Waals surface area contributed by atoms with Gasteiger partial charge in [0.25, 0.3) is 0 Å². The van der Waals surface area contributed by atoms with Crippen LogP contribution in [-0.2, 0) is 0 Å².